The Morgan fingerprint density at radius 3 is 2.79 bits per heavy atom. The molecule has 0 spiro atoms. The Bertz CT molecular complexity index is 855. The van der Waals surface area contributed by atoms with Gasteiger partial charge in [0.2, 0.25) is 5.89 Å². The maximum Gasteiger partial charge on any atom is 0.255 e. The number of hydrogen-bond acceptors (Lipinski definition) is 6. The third kappa shape index (κ3) is 3.12. The highest BCUT2D eigenvalue weighted by Crippen LogP contribution is 2.28. The molecular weight excluding hydrogens is 310 g/mol. The fourth-order valence-electron chi connectivity index (χ4n) is 2.37. The van der Waals surface area contributed by atoms with E-state index >= 15 is 0 Å². The molecule has 0 fully saturated rings. The highest BCUT2D eigenvalue weighted by molar-refractivity contribution is 5.94. The predicted octanol–water partition coefficient (Wildman–Crippen LogP) is 1.64. The maximum atomic E-state index is 12.5. The molecule has 0 saturated heterocycles. The third-order valence-corrected chi connectivity index (χ3v) is 3.49. The normalized spacial score (nSPS) is 12.0. The summed E-state index contributed by atoms with van der Waals surface area (Å²) in [4.78, 5) is 16.8. The summed E-state index contributed by atoms with van der Waals surface area (Å²) < 4.78 is 12.0. The van der Waals surface area contributed by atoms with Crippen LogP contribution in [0.3, 0.4) is 0 Å². The molecule has 1 N–H and O–H groups in total. The molecule has 1 aromatic carbocycles. The van der Waals surface area contributed by atoms with Gasteiger partial charge in [-0.2, -0.15) is 10.1 Å². The van der Waals surface area contributed by atoms with Crippen molar-refractivity contribution in [2.45, 2.75) is 13.0 Å². The lowest BCUT2D eigenvalue weighted by molar-refractivity contribution is 0.0940. The minimum absolute atomic E-state index is 0.290. The van der Waals surface area contributed by atoms with E-state index in [1.807, 2.05) is 24.3 Å². The van der Waals surface area contributed by atoms with Gasteiger partial charge in [-0.3, -0.25) is 9.48 Å². The van der Waals surface area contributed by atoms with Gasteiger partial charge in [0.15, 0.2) is 5.82 Å². The second-order valence-electron chi connectivity index (χ2n) is 5.22. The van der Waals surface area contributed by atoms with Crippen LogP contribution < -0.4 is 10.1 Å². The molecule has 2 heterocycles. The van der Waals surface area contributed by atoms with E-state index in [9.17, 15) is 4.79 Å². The van der Waals surface area contributed by atoms with E-state index in [4.69, 9.17) is 9.26 Å². The van der Waals surface area contributed by atoms with Gasteiger partial charge in [0.1, 0.15) is 11.8 Å². The first-order valence-electron chi connectivity index (χ1n) is 7.31. The Kier molecular flexibility index (Phi) is 4.28. The van der Waals surface area contributed by atoms with Gasteiger partial charge in [0.25, 0.3) is 5.91 Å². The van der Waals surface area contributed by atoms with Crippen molar-refractivity contribution in [2.75, 3.05) is 7.11 Å². The SMILES string of the molecule is COc1ccccc1[C@@H](NC(=O)c1cnn(C)c1)c1noc(C)n1. The van der Waals surface area contributed by atoms with Crippen molar-refractivity contribution in [3.05, 3.63) is 59.5 Å². The number of aromatic nitrogens is 4. The molecule has 8 heteroatoms. The molecule has 2 aromatic heterocycles. The minimum atomic E-state index is -0.605. The number of nitrogens with one attached hydrogen (secondary N) is 1. The van der Waals surface area contributed by atoms with Crippen molar-refractivity contribution in [3.8, 4) is 5.75 Å². The number of ether oxygens (including phenoxy) is 1. The number of carbonyl (C=O) groups excluding carboxylic acids is 1. The van der Waals surface area contributed by atoms with Crippen LogP contribution in [0, 0.1) is 6.92 Å². The highest BCUT2D eigenvalue weighted by Gasteiger charge is 2.25. The minimum Gasteiger partial charge on any atom is -0.496 e. The predicted molar refractivity (Wildman–Crippen MR) is 84.5 cm³/mol. The van der Waals surface area contributed by atoms with Crippen LogP contribution in [0.2, 0.25) is 0 Å². The lowest BCUT2D eigenvalue weighted by Gasteiger charge is -2.18. The molecule has 1 amide bonds. The molecule has 3 aromatic rings. The summed E-state index contributed by atoms with van der Waals surface area (Å²) in [6.45, 7) is 1.69. The summed E-state index contributed by atoms with van der Waals surface area (Å²) in [5, 5.41) is 10.9. The molecule has 1 atom stereocenters. The molecule has 124 valence electrons. The first-order chi connectivity index (χ1) is 11.6. The number of amides is 1. The van der Waals surface area contributed by atoms with Crippen LogP contribution in [-0.2, 0) is 7.05 Å². The second kappa shape index (κ2) is 6.53. The topological polar surface area (TPSA) is 95.1 Å². The van der Waals surface area contributed by atoms with E-state index in [0.29, 0.717) is 23.0 Å². The van der Waals surface area contributed by atoms with Gasteiger partial charge in [-0.15, -0.1) is 0 Å². The average Bonchev–Trinajstić information content (AvgIpc) is 3.21. The third-order valence-electron chi connectivity index (χ3n) is 3.49. The fourth-order valence-corrected chi connectivity index (χ4v) is 2.37. The van der Waals surface area contributed by atoms with Gasteiger partial charge >= 0.3 is 0 Å². The van der Waals surface area contributed by atoms with Gasteiger partial charge in [-0.25, -0.2) is 0 Å². The monoisotopic (exact) mass is 327 g/mol. The highest BCUT2D eigenvalue weighted by atomic mass is 16.5. The molecule has 0 bridgehead atoms. The average molecular weight is 327 g/mol. The van der Waals surface area contributed by atoms with Crippen LogP contribution >= 0.6 is 0 Å². The van der Waals surface area contributed by atoms with Crippen molar-refractivity contribution in [3.63, 3.8) is 0 Å². The Morgan fingerprint density at radius 2 is 2.17 bits per heavy atom. The number of rotatable bonds is 5. The zero-order valence-corrected chi connectivity index (χ0v) is 13.6. The van der Waals surface area contributed by atoms with Crippen molar-refractivity contribution in [1.29, 1.82) is 0 Å². The molecule has 0 radical (unpaired) electrons. The lowest BCUT2D eigenvalue weighted by Crippen LogP contribution is -2.30. The first kappa shape index (κ1) is 15.7. The zero-order chi connectivity index (χ0) is 17.1. The first-order valence-corrected chi connectivity index (χ1v) is 7.31. The smallest absolute Gasteiger partial charge is 0.255 e. The lowest BCUT2D eigenvalue weighted by atomic mass is 10.0. The van der Waals surface area contributed by atoms with Gasteiger partial charge in [-0.05, 0) is 6.07 Å². The second-order valence-corrected chi connectivity index (χ2v) is 5.22. The largest absolute Gasteiger partial charge is 0.496 e. The summed E-state index contributed by atoms with van der Waals surface area (Å²) in [5.41, 5.74) is 1.18. The summed E-state index contributed by atoms with van der Waals surface area (Å²) in [5.74, 6) is 1.10. The molecule has 3 rings (SSSR count). The van der Waals surface area contributed by atoms with E-state index in [1.165, 1.54) is 6.20 Å². The molecule has 0 aliphatic carbocycles. The summed E-state index contributed by atoms with van der Waals surface area (Å²) in [6, 6.07) is 6.76. The maximum absolute atomic E-state index is 12.5. The van der Waals surface area contributed by atoms with Gasteiger partial charge in [0, 0.05) is 25.7 Å². The van der Waals surface area contributed by atoms with E-state index in [-0.39, 0.29) is 5.91 Å². The van der Waals surface area contributed by atoms with Crippen molar-refractivity contribution >= 4 is 5.91 Å². The van der Waals surface area contributed by atoms with Crippen LogP contribution in [0.4, 0.5) is 0 Å². The quantitative estimate of drug-likeness (QED) is 0.765. The Labute approximate surface area is 138 Å². The summed E-state index contributed by atoms with van der Waals surface area (Å²) >= 11 is 0. The van der Waals surface area contributed by atoms with E-state index in [1.54, 1.807) is 32.0 Å². The van der Waals surface area contributed by atoms with Crippen molar-refractivity contribution < 1.29 is 14.1 Å². The Balaban J connectivity index is 1.98. The van der Waals surface area contributed by atoms with Crippen LogP contribution in [0.5, 0.6) is 5.75 Å². The number of para-hydroxylation sites is 1. The number of methoxy groups -OCH3 is 1. The molecule has 0 unspecified atom stereocenters. The van der Waals surface area contributed by atoms with Crippen LogP contribution in [0.1, 0.15) is 33.7 Å². The van der Waals surface area contributed by atoms with Gasteiger partial charge < -0.3 is 14.6 Å². The molecular formula is C16H17N5O3. The summed E-state index contributed by atoms with van der Waals surface area (Å²) in [7, 11) is 3.32. The van der Waals surface area contributed by atoms with Gasteiger partial charge in [0.05, 0.1) is 18.9 Å². The van der Waals surface area contributed by atoms with E-state index in [0.717, 1.165) is 5.56 Å². The molecule has 0 aliphatic heterocycles. The van der Waals surface area contributed by atoms with Crippen LogP contribution in [0.15, 0.2) is 41.2 Å². The van der Waals surface area contributed by atoms with Crippen molar-refractivity contribution in [2.24, 2.45) is 7.05 Å². The Hall–Kier alpha value is -3.16. The number of nitrogens with zero attached hydrogens (tertiary/aromatic N) is 4. The fraction of sp³-hybridized carbons (Fsp3) is 0.250. The standard InChI is InChI=1S/C16H17N5O3/c1-10-18-15(20-24-10)14(12-6-4-5-7-13(12)23-3)19-16(22)11-8-17-21(2)9-11/h4-9,14H,1-3H3,(H,19,22)/t14-/m1/s1. The number of carbonyl (C=O) groups is 1. The number of hydrogen-bond donors (Lipinski definition) is 1. The van der Waals surface area contributed by atoms with Crippen LogP contribution in [0.25, 0.3) is 0 Å². The van der Waals surface area contributed by atoms with E-state index < -0.39 is 6.04 Å². The zero-order valence-electron chi connectivity index (χ0n) is 13.6. The number of aryl methyl sites for hydroxylation is 2. The number of benzene rings is 1. The summed E-state index contributed by atoms with van der Waals surface area (Å²) in [6.07, 6.45) is 3.13. The van der Waals surface area contributed by atoms with Gasteiger partial charge in [-0.1, -0.05) is 23.4 Å². The van der Waals surface area contributed by atoms with E-state index in [2.05, 4.69) is 20.6 Å². The van der Waals surface area contributed by atoms with Crippen molar-refractivity contribution in [1.82, 2.24) is 25.2 Å². The van der Waals surface area contributed by atoms with Crippen LogP contribution in [-0.4, -0.2) is 32.9 Å². The molecule has 0 aliphatic rings. The molecule has 24 heavy (non-hydrogen) atoms. The Morgan fingerprint density at radius 1 is 1.38 bits per heavy atom. The molecule has 0 saturated carbocycles. The molecule has 8 nitrogen and oxygen atoms in total.